The van der Waals surface area contributed by atoms with E-state index in [1.165, 1.54) is 5.56 Å². The first-order chi connectivity index (χ1) is 6.72. The van der Waals surface area contributed by atoms with Crippen molar-refractivity contribution in [3.05, 3.63) is 36.2 Å². The fourth-order valence-electron chi connectivity index (χ4n) is 2.65. The van der Waals surface area contributed by atoms with Gasteiger partial charge in [0.2, 0.25) is 5.91 Å². The van der Waals surface area contributed by atoms with E-state index in [9.17, 15) is 4.79 Å². The van der Waals surface area contributed by atoms with Crippen LogP contribution in [-0.4, -0.2) is 5.91 Å². The summed E-state index contributed by atoms with van der Waals surface area (Å²) >= 11 is 0. The van der Waals surface area contributed by atoms with Gasteiger partial charge in [-0.05, 0) is 29.0 Å². The van der Waals surface area contributed by atoms with Gasteiger partial charge in [-0.15, -0.1) is 0 Å². The van der Waals surface area contributed by atoms with Crippen LogP contribution >= 0.6 is 0 Å². The fraction of sp³-hybridized carbons (Fsp3) is 0.333. The van der Waals surface area contributed by atoms with Crippen molar-refractivity contribution in [1.82, 2.24) is 0 Å². The van der Waals surface area contributed by atoms with Crippen molar-refractivity contribution in [1.29, 1.82) is 0 Å². The second-order valence-corrected chi connectivity index (χ2v) is 4.23. The molecule has 1 aliphatic carbocycles. The predicted octanol–water partition coefficient (Wildman–Crippen LogP) is 2.04. The van der Waals surface area contributed by atoms with Crippen LogP contribution in [0.5, 0.6) is 0 Å². The Morgan fingerprint density at radius 2 is 2.20 bits per heavy atom. The van der Waals surface area contributed by atoms with Crippen molar-refractivity contribution < 1.29 is 25.9 Å². The minimum absolute atomic E-state index is 0. The number of hydrogen-bond acceptors (Lipinski definition) is 1. The Kier molecular flexibility index (Phi) is 2.50. The van der Waals surface area contributed by atoms with Crippen LogP contribution in [0, 0.1) is 6.92 Å². The summed E-state index contributed by atoms with van der Waals surface area (Å²) in [6.45, 7) is 4.11. The summed E-state index contributed by atoms with van der Waals surface area (Å²) in [5, 5.41) is 2.92. The van der Waals surface area contributed by atoms with Crippen molar-refractivity contribution >= 4 is 11.6 Å². The van der Waals surface area contributed by atoms with Gasteiger partial charge in [0.15, 0.2) is 0 Å². The van der Waals surface area contributed by atoms with E-state index in [0.29, 0.717) is 0 Å². The molecule has 0 radical (unpaired) electrons. The molecule has 0 bridgehead atoms. The molecule has 0 fully saturated rings. The van der Waals surface area contributed by atoms with Crippen LogP contribution in [-0.2, 0) is 37.7 Å². The summed E-state index contributed by atoms with van der Waals surface area (Å²) in [4.78, 5) is 11.8. The Balaban J connectivity index is 0.000000853. The van der Waals surface area contributed by atoms with Gasteiger partial charge >= 0.3 is 0 Å². The predicted molar refractivity (Wildman–Crippen MR) is 55.0 cm³/mol. The summed E-state index contributed by atoms with van der Waals surface area (Å²) in [5.74, 6) is 0.0691. The van der Waals surface area contributed by atoms with Crippen LogP contribution in [0.1, 0.15) is 24.0 Å². The molecule has 1 aromatic carbocycles. The number of carbonyl (C=O) groups excluding carboxylic acids is 1. The van der Waals surface area contributed by atoms with Gasteiger partial charge in [-0.3, -0.25) is 4.79 Å². The molecule has 3 rings (SSSR count). The van der Waals surface area contributed by atoms with E-state index in [1.807, 2.05) is 12.1 Å². The van der Waals surface area contributed by atoms with Crippen LogP contribution in [0.15, 0.2) is 18.2 Å². The number of hydrogen-bond donors (Lipinski definition) is 1. The monoisotopic (exact) mass is 370 g/mol. The molecule has 0 saturated heterocycles. The van der Waals surface area contributed by atoms with E-state index < -0.39 is 5.41 Å². The molecule has 1 N–H and O–H groups in total. The van der Waals surface area contributed by atoms with Crippen molar-refractivity contribution in [3.63, 3.8) is 0 Å². The Morgan fingerprint density at radius 1 is 1.40 bits per heavy atom. The van der Waals surface area contributed by atoms with Crippen molar-refractivity contribution in [3.8, 4) is 0 Å². The topological polar surface area (TPSA) is 29.1 Å². The second-order valence-electron chi connectivity index (χ2n) is 4.23. The summed E-state index contributed by atoms with van der Waals surface area (Å²) in [5.41, 5.74) is 2.92. The summed E-state index contributed by atoms with van der Waals surface area (Å²) in [6.07, 6.45) is 3.02. The van der Waals surface area contributed by atoms with Gasteiger partial charge in [0.05, 0.1) is 0 Å². The molecular weight excluding hydrogens is 358 g/mol. The number of anilines is 1. The van der Waals surface area contributed by atoms with Crippen LogP contribution in [0.4, 0.5) is 5.69 Å². The molecule has 0 aromatic heterocycles. The molecule has 1 amide bonds. The molecule has 0 spiro atoms. The van der Waals surface area contributed by atoms with E-state index in [0.717, 1.165) is 30.5 Å². The third-order valence-corrected chi connectivity index (χ3v) is 3.36. The van der Waals surface area contributed by atoms with E-state index in [-0.39, 0.29) is 27.0 Å². The summed E-state index contributed by atoms with van der Waals surface area (Å²) < 4.78 is 0. The first-order valence-corrected chi connectivity index (χ1v) is 5.01. The largest absolute Gasteiger partial charge is 0.327 e. The van der Waals surface area contributed by atoms with Gasteiger partial charge in [-0.25, -0.2) is 0 Å². The molecule has 78 valence electrons. The maximum atomic E-state index is 11.8. The molecule has 2 aliphatic rings. The van der Waals surface area contributed by atoms with E-state index in [1.54, 1.807) is 0 Å². The average Bonchev–Trinajstić information content (AvgIpc) is 2.42. The zero-order valence-corrected chi connectivity index (χ0v) is 11.3. The van der Waals surface area contributed by atoms with E-state index >= 15 is 0 Å². The van der Waals surface area contributed by atoms with Crippen molar-refractivity contribution in [2.75, 3.05) is 5.32 Å². The molecule has 1 atom stereocenters. The first-order valence-electron chi connectivity index (χ1n) is 5.01. The van der Waals surface area contributed by atoms with Gasteiger partial charge < -0.3 is 12.2 Å². The standard InChI is InChI=1S/C12H12NO.W/c1-12-7-3-5-8-4-2-6-9(10(8)12)13-11(12)14;/h2,4,6H,1,3,5,7H2,(H,13,14);/q-1;. The smallest absolute Gasteiger partial charge is 0.204 e. The Morgan fingerprint density at radius 3 is 3.00 bits per heavy atom. The third kappa shape index (κ3) is 1.31. The van der Waals surface area contributed by atoms with Gasteiger partial charge in [0.1, 0.15) is 0 Å². The zero-order chi connectivity index (χ0) is 9.76. The maximum absolute atomic E-state index is 11.8. The molecule has 1 aromatic rings. The fourth-order valence-corrected chi connectivity index (χ4v) is 2.65. The van der Waals surface area contributed by atoms with Crippen LogP contribution < -0.4 is 5.32 Å². The number of benzene rings is 1. The minimum Gasteiger partial charge on any atom is -0.327 e. The number of carbonyl (C=O) groups is 1. The number of amides is 1. The van der Waals surface area contributed by atoms with Gasteiger partial charge in [0, 0.05) is 26.8 Å². The van der Waals surface area contributed by atoms with Crippen LogP contribution in [0.2, 0.25) is 0 Å². The molecule has 1 aliphatic heterocycles. The molecule has 1 heterocycles. The maximum Gasteiger partial charge on any atom is 0.204 e. The van der Waals surface area contributed by atoms with Crippen molar-refractivity contribution in [2.24, 2.45) is 0 Å². The molecule has 0 saturated carbocycles. The third-order valence-electron chi connectivity index (χ3n) is 3.36. The summed E-state index contributed by atoms with van der Waals surface area (Å²) in [7, 11) is 0. The number of aryl methyl sites for hydroxylation is 1. The SMILES string of the molecule is [CH2-]C12CCCc3cccc(c31)NC2=O.[W]. The average molecular weight is 370 g/mol. The number of nitrogens with one attached hydrogen (secondary N) is 1. The molecular formula is C12H12NOW-. The Bertz CT molecular complexity index is 430. The Labute approximate surface area is 104 Å². The van der Waals surface area contributed by atoms with Gasteiger partial charge in [-0.2, -0.15) is 0 Å². The quantitative estimate of drug-likeness (QED) is 0.696. The van der Waals surface area contributed by atoms with Crippen LogP contribution in [0.3, 0.4) is 0 Å². The van der Waals surface area contributed by atoms with E-state index in [2.05, 4.69) is 18.3 Å². The van der Waals surface area contributed by atoms with Crippen molar-refractivity contribution in [2.45, 2.75) is 24.7 Å². The first kappa shape index (κ1) is 10.9. The van der Waals surface area contributed by atoms with Crippen LogP contribution in [0.25, 0.3) is 0 Å². The minimum atomic E-state index is -0.496. The second kappa shape index (κ2) is 3.45. The van der Waals surface area contributed by atoms with Gasteiger partial charge in [0.25, 0.3) is 0 Å². The summed E-state index contributed by atoms with van der Waals surface area (Å²) in [6, 6.07) is 6.08. The molecule has 15 heavy (non-hydrogen) atoms. The van der Waals surface area contributed by atoms with Gasteiger partial charge in [-0.1, -0.05) is 25.0 Å². The zero-order valence-electron chi connectivity index (χ0n) is 8.38. The normalized spacial score (nSPS) is 26.6. The Hall–Kier alpha value is -0.622. The molecule has 3 heteroatoms. The van der Waals surface area contributed by atoms with E-state index in [4.69, 9.17) is 0 Å². The molecule has 1 unspecified atom stereocenters. The molecule has 2 nitrogen and oxygen atoms in total. The number of rotatable bonds is 0.